The van der Waals surface area contributed by atoms with Crippen LogP contribution in [0.4, 0.5) is 0 Å². The van der Waals surface area contributed by atoms with Gasteiger partial charge in [-0.25, -0.2) is 0 Å². The zero-order valence-corrected chi connectivity index (χ0v) is 7.16. The van der Waals surface area contributed by atoms with Gasteiger partial charge in [0.25, 0.3) is 0 Å². The van der Waals surface area contributed by atoms with Gasteiger partial charge in [-0.3, -0.25) is 0 Å². The van der Waals surface area contributed by atoms with Gasteiger partial charge in [0.15, 0.2) is 0 Å². The summed E-state index contributed by atoms with van der Waals surface area (Å²) in [6, 6.07) is 0. The Morgan fingerprint density at radius 1 is 1.40 bits per heavy atom. The lowest BCUT2D eigenvalue weighted by Gasteiger charge is -2.07. The van der Waals surface area contributed by atoms with Crippen LogP contribution in [0, 0.1) is 5.92 Å². The van der Waals surface area contributed by atoms with Crippen LogP contribution < -0.4 is 0 Å². The summed E-state index contributed by atoms with van der Waals surface area (Å²) in [5.74, 6) is 1.56. The number of rotatable bonds is 3. The van der Waals surface area contributed by atoms with E-state index >= 15 is 0 Å². The molecule has 0 aromatic rings. The number of allylic oxidation sites excluding steroid dienone is 1. The molecule has 10 heavy (non-hydrogen) atoms. The Balaban J connectivity index is 2.17. The van der Waals surface area contributed by atoms with E-state index in [1.807, 2.05) is 0 Å². The van der Waals surface area contributed by atoms with Gasteiger partial charge in [-0.05, 0) is 12.3 Å². The monoisotopic (exact) mass is 158 g/mol. The van der Waals surface area contributed by atoms with Crippen molar-refractivity contribution in [1.29, 1.82) is 0 Å². The van der Waals surface area contributed by atoms with E-state index in [0.29, 0.717) is 5.88 Å². The van der Waals surface area contributed by atoms with Gasteiger partial charge in [0, 0.05) is 5.88 Å². The van der Waals surface area contributed by atoms with E-state index in [-0.39, 0.29) is 0 Å². The minimum atomic E-state index is 0.649. The lowest BCUT2D eigenvalue weighted by molar-refractivity contribution is 0.545. The van der Waals surface area contributed by atoms with Crippen molar-refractivity contribution in [2.24, 2.45) is 5.92 Å². The summed E-state index contributed by atoms with van der Waals surface area (Å²) in [5, 5.41) is 0. The number of hydrogen-bond acceptors (Lipinski definition) is 0. The fourth-order valence-corrected chi connectivity index (χ4v) is 1.79. The van der Waals surface area contributed by atoms with Crippen LogP contribution in [-0.2, 0) is 0 Å². The molecule has 0 heterocycles. The molecule has 0 saturated heterocycles. The number of alkyl halides is 1. The fourth-order valence-electron chi connectivity index (χ4n) is 1.68. The third-order valence-electron chi connectivity index (χ3n) is 2.24. The highest BCUT2D eigenvalue weighted by Crippen LogP contribution is 2.29. The molecule has 1 aliphatic rings. The van der Waals surface area contributed by atoms with Crippen molar-refractivity contribution in [3.05, 3.63) is 12.2 Å². The van der Waals surface area contributed by atoms with Crippen LogP contribution >= 0.6 is 11.6 Å². The molecule has 0 spiro atoms. The van der Waals surface area contributed by atoms with E-state index in [2.05, 4.69) is 6.58 Å². The van der Waals surface area contributed by atoms with E-state index in [0.717, 1.165) is 5.92 Å². The summed E-state index contributed by atoms with van der Waals surface area (Å²) in [5.41, 5.74) is 1.22. The highest BCUT2D eigenvalue weighted by molar-refractivity contribution is 6.19. The summed E-state index contributed by atoms with van der Waals surface area (Å²) in [4.78, 5) is 0. The zero-order chi connectivity index (χ0) is 7.40. The van der Waals surface area contributed by atoms with Gasteiger partial charge >= 0.3 is 0 Å². The van der Waals surface area contributed by atoms with Crippen LogP contribution in [0.25, 0.3) is 0 Å². The molecule has 0 bridgehead atoms. The Hall–Kier alpha value is 0.0300. The molecule has 1 saturated carbocycles. The Morgan fingerprint density at radius 2 is 2.00 bits per heavy atom. The van der Waals surface area contributed by atoms with Crippen molar-refractivity contribution in [3.8, 4) is 0 Å². The molecular formula is C9H15Cl. The zero-order valence-electron chi connectivity index (χ0n) is 6.41. The van der Waals surface area contributed by atoms with Crippen molar-refractivity contribution < 1.29 is 0 Å². The second kappa shape index (κ2) is 4.02. The third-order valence-corrected chi connectivity index (χ3v) is 2.62. The van der Waals surface area contributed by atoms with Crippen LogP contribution in [-0.4, -0.2) is 5.88 Å². The molecule has 1 rings (SSSR count). The maximum atomic E-state index is 5.63. The van der Waals surface area contributed by atoms with Gasteiger partial charge in [-0.1, -0.05) is 37.8 Å². The van der Waals surface area contributed by atoms with E-state index < -0.39 is 0 Å². The summed E-state index contributed by atoms with van der Waals surface area (Å²) in [6.07, 6.45) is 6.80. The molecule has 0 unspecified atom stereocenters. The highest BCUT2D eigenvalue weighted by atomic mass is 35.5. The Labute approximate surface area is 68.3 Å². The van der Waals surface area contributed by atoms with Crippen molar-refractivity contribution in [3.63, 3.8) is 0 Å². The first-order valence-electron chi connectivity index (χ1n) is 4.05. The van der Waals surface area contributed by atoms with E-state index in [4.69, 9.17) is 11.6 Å². The van der Waals surface area contributed by atoms with Gasteiger partial charge in [0.05, 0.1) is 0 Å². The molecule has 0 aliphatic heterocycles. The van der Waals surface area contributed by atoms with Crippen molar-refractivity contribution in [2.75, 3.05) is 5.88 Å². The lowest BCUT2D eigenvalue weighted by atomic mass is 10.00. The summed E-state index contributed by atoms with van der Waals surface area (Å²) in [6.45, 7) is 3.90. The van der Waals surface area contributed by atoms with Gasteiger partial charge in [-0.2, -0.15) is 0 Å². The van der Waals surface area contributed by atoms with E-state index in [1.165, 1.54) is 37.7 Å². The minimum absolute atomic E-state index is 0.649. The minimum Gasteiger partial charge on any atom is -0.122 e. The van der Waals surface area contributed by atoms with E-state index in [1.54, 1.807) is 0 Å². The molecule has 1 fully saturated rings. The number of halogens is 1. The normalized spacial score (nSPS) is 19.7. The fraction of sp³-hybridized carbons (Fsp3) is 0.778. The topological polar surface area (TPSA) is 0 Å². The van der Waals surface area contributed by atoms with Crippen LogP contribution in [0.2, 0.25) is 0 Å². The average Bonchev–Trinajstić information content (AvgIpc) is 2.40. The predicted octanol–water partition coefficient (Wildman–Crippen LogP) is 3.36. The smallest absolute Gasteiger partial charge is 0.0431 e. The summed E-state index contributed by atoms with van der Waals surface area (Å²) < 4.78 is 0. The molecule has 0 atom stereocenters. The first-order valence-corrected chi connectivity index (χ1v) is 4.59. The van der Waals surface area contributed by atoms with Gasteiger partial charge in [0.1, 0.15) is 0 Å². The van der Waals surface area contributed by atoms with Gasteiger partial charge < -0.3 is 0 Å². The largest absolute Gasteiger partial charge is 0.122 e. The van der Waals surface area contributed by atoms with Crippen LogP contribution in [0.15, 0.2) is 12.2 Å². The molecule has 0 nitrogen and oxygen atoms in total. The summed E-state index contributed by atoms with van der Waals surface area (Å²) >= 11 is 5.63. The first-order chi connectivity index (χ1) is 4.83. The van der Waals surface area contributed by atoms with Crippen LogP contribution in [0.1, 0.15) is 32.1 Å². The molecule has 0 N–H and O–H groups in total. The highest BCUT2D eigenvalue weighted by Gasteiger charge is 2.14. The average molecular weight is 159 g/mol. The van der Waals surface area contributed by atoms with Crippen molar-refractivity contribution in [2.45, 2.75) is 32.1 Å². The quantitative estimate of drug-likeness (QED) is 0.437. The summed E-state index contributed by atoms with van der Waals surface area (Å²) in [7, 11) is 0. The van der Waals surface area contributed by atoms with Crippen molar-refractivity contribution in [1.82, 2.24) is 0 Å². The van der Waals surface area contributed by atoms with E-state index in [9.17, 15) is 0 Å². The lowest BCUT2D eigenvalue weighted by Crippen LogP contribution is -1.95. The molecule has 0 radical (unpaired) electrons. The Morgan fingerprint density at radius 3 is 2.50 bits per heavy atom. The standard InChI is InChI=1S/C9H15Cl/c1-8(7-10)6-9-4-2-3-5-9/h9H,1-7H2. The molecule has 1 heteroatoms. The maximum absolute atomic E-state index is 5.63. The Kier molecular flexibility index (Phi) is 3.27. The van der Waals surface area contributed by atoms with Crippen LogP contribution in [0.5, 0.6) is 0 Å². The number of hydrogen-bond donors (Lipinski definition) is 0. The predicted molar refractivity (Wildman–Crippen MR) is 46.4 cm³/mol. The van der Waals surface area contributed by atoms with Crippen molar-refractivity contribution >= 4 is 11.6 Å². The van der Waals surface area contributed by atoms with Gasteiger partial charge in [0.2, 0.25) is 0 Å². The molecule has 0 aromatic carbocycles. The SMILES string of the molecule is C=C(CCl)CC1CCCC1. The maximum Gasteiger partial charge on any atom is 0.0431 e. The second-order valence-electron chi connectivity index (χ2n) is 3.24. The molecule has 0 amide bonds. The molecular weight excluding hydrogens is 144 g/mol. The first kappa shape index (κ1) is 8.13. The molecule has 1 aliphatic carbocycles. The molecule has 0 aromatic heterocycles. The second-order valence-corrected chi connectivity index (χ2v) is 3.51. The molecule has 58 valence electrons. The van der Waals surface area contributed by atoms with Gasteiger partial charge in [-0.15, -0.1) is 11.6 Å². The van der Waals surface area contributed by atoms with Crippen LogP contribution in [0.3, 0.4) is 0 Å². The third kappa shape index (κ3) is 2.34. The Bertz CT molecular complexity index is 112.